The molecule has 0 spiro atoms. The fourth-order valence-corrected chi connectivity index (χ4v) is 13.0. The minimum absolute atomic E-state index is 0.00726. The molecule has 5 aromatic rings. The molecule has 0 bridgehead atoms. The van der Waals surface area contributed by atoms with Crippen molar-refractivity contribution in [2.75, 3.05) is 103 Å². The lowest BCUT2D eigenvalue weighted by Gasteiger charge is -2.36. The van der Waals surface area contributed by atoms with Gasteiger partial charge in [-0.05, 0) is 129 Å². The number of methoxy groups -OCH3 is 2. The molecule has 0 radical (unpaired) electrons. The van der Waals surface area contributed by atoms with Gasteiger partial charge in [-0.2, -0.15) is 0 Å². The largest absolute Gasteiger partial charge is 0.496 e. The number of carbonyl (C=O) groups is 2. The third kappa shape index (κ3) is 11.6. The Morgan fingerprint density at radius 3 is 1.51 bits per heavy atom. The topological polar surface area (TPSA) is 144 Å². The van der Waals surface area contributed by atoms with Gasteiger partial charge in [-0.3, -0.25) is 9.59 Å². The van der Waals surface area contributed by atoms with E-state index >= 15 is 0 Å². The van der Waals surface area contributed by atoms with Crippen molar-refractivity contribution in [2.45, 2.75) is 82.8 Å². The molecule has 72 heavy (non-hydrogen) atoms. The van der Waals surface area contributed by atoms with Crippen LogP contribution in [0.25, 0.3) is 0 Å². The maximum Gasteiger partial charge on any atom is 0.255 e. The molecule has 1 aromatic heterocycles. The number of carbonyl (C=O) groups excluding carboxylic acids is 2. The molecule has 2 atom stereocenters. The first-order valence-corrected chi connectivity index (χ1v) is 28.1. The van der Waals surface area contributed by atoms with Gasteiger partial charge in [0.2, 0.25) is 10.0 Å². The van der Waals surface area contributed by atoms with Gasteiger partial charge in [-0.1, -0.05) is 56.3 Å². The van der Waals surface area contributed by atoms with Gasteiger partial charge in [0.25, 0.3) is 11.8 Å². The van der Waals surface area contributed by atoms with Crippen LogP contribution in [0.5, 0.6) is 11.5 Å². The molecular formula is C56H74N8O6S2. The van der Waals surface area contributed by atoms with Gasteiger partial charge in [-0.15, -0.1) is 11.3 Å². The third-order valence-corrected chi connectivity index (χ3v) is 17.9. The van der Waals surface area contributed by atoms with E-state index in [-0.39, 0.29) is 23.9 Å². The molecule has 4 aromatic carbocycles. The predicted molar refractivity (Wildman–Crippen MR) is 289 cm³/mol. The van der Waals surface area contributed by atoms with Crippen LogP contribution in [0.2, 0.25) is 0 Å². The second-order valence-corrected chi connectivity index (χ2v) is 22.1. The first kappa shape index (κ1) is 52.8. The van der Waals surface area contributed by atoms with Crippen LogP contribution >= 0.6 is 11.3 Å². The number of anilines is 2. The van der Waals surface area contributed by atoms with Crippen molar-refractivity contribution in [2.24, 2.45) is 5.73 Å². The van der Waals surface area contributed by atoms with Crippen LogP contribution in [0.15, 0.2) is 94.5 Å². The summed E-state index contributed by atoms with van der Waals surface area (Å²) in [6.07, 6.45) is 2.95. The van der Waals surface area contributed by atoms with E-state index < -0.39 is 10.0 Å². The number of aryl methyl sites for hydroxylation is 2. The number of likely N-dealkylation sites (N-methyl/N-ethyl adjacent to an activating group) is 2. The Morgan fingerprint density at radius 2 is 1.11 bits per heavy atom. The van der Waals surface area contributed by atoms with Crippen molar-refractivity contribution < 1.29 is 27.5 Å². The summed E-state index contributed by atoms with van der Waals surface area (Å²) < 4.78 is 39.2. The molecule has 0 saturated carbocycles. The molecule has 386 valence electrons. The van der Waals surface area contributed by atoms with E-state index in [1.165, 1.54) is 22.6 Å². The zero-order chi connectivity index (χ0) is 50.9. The van der Waals surface area contributed by atoms with E-state index in [0.29, 0.717) is 43.2 Å². The normalized spacial score (nSPS) is 17.2. The number of nitrogens with zero attached hydrogens (tertiary/aromatic N) is 6. The van der Waals surface area contributed by atoms with Gasteiger partial charge >= 0.3 is 0 Å². The number of piperazine rings is 2. The standard InChI is InChI=1S/C30H38N4O4S2.C26H36N4O2/c1-4-32-15-17-33(18-16-32)27-9-5-8-24-25(27)21-34(30(24)35)26(23-12-13-28(38-3)22(2)20-23)10-6-14-31-40(36,37)29-11-7-19-39-29;1-4-28-13-15-29(16-14-28)24-8-5-7-21-22(24)18-30(26(21)31)23(9-6-12-27)20-10-11-25(32-3)19(2)17-20/h5,7-9,11-13,19-20,26,31H,4,6,10,14-18,21H2,1-3H3;5,7-8,10-11,17,23H,4,6,9,12-16,18,27H2,1-3H3/t26-;23-/m11/s1. The van der Waals surface area contributed by atoms with E-state index in [0.717, 1.165) is 134 Å². The molecule has 2 fully saturated rings. The number of thiophene rings is 1. The van der Waals surface area contributed by atoms with Crippen LogP contribution < -0.4 is 29.7 Å². The Labute approximate surface area is 431 Å². The van der Waals surface area contributed by atoms with Crippen molar-refractivity contribution in [3.05, 3.63) is 135 Å². The second kappa shape index (κ2) is 24.0. The van der Waals surface area contributed by atoms with Crippen LogP contribution in [-0.2, 0) is 23.1 Å². The SMILES string of the molecule is CCN1CCN(c2cccc3c2CN([C@H](CCCN)c2ccc(OC)c(C)c2)C3=O)CC1.CCN1CCN(c2cccc3c2CN([C@H](CCCNS(=O)(=O)c2cccs2)c2ccc(OC)c(C)c2)C3=O)CC1. The molecule has 16 heteroatoms. The summed E-state index contributed by atoms with van der Waals surface area (Å²) >= 11 is 1.20. The van der Waals surface area contributed by atoms with Crippen molar-refractivity contribution >= 4 is 44.5 Å². The number of sulfonamides is 1. The minimum Gasteiger partial charge on any atom is -0.496 e. The molecule has 9 rings (SSSR count). The van der Waals surface area contributed by atoms with Gasteiger partial charge < -0.3 is 44.6 Å². The summed E-state index contributed by atoms with van der Waals surface area (Å²) in [5.74, 6) is 1.83. The number of hydrogen-bond donors (Lipinski definition) is 2. The van der Waals surface area contributed by atoms with Gasteiger partial charge in [0.1, 0.15) is 15.7 Å². The number of nitrogens with one attached hydrogen (secondary N) is 1. The van der Waals surface area contributed by atoms with E-state index in [2.05, 4.69) is 75.4 Å². The van der Waals surface area contributed by atoms with Crippen molar-refractivity contribution in [3.8, 4) is 11.5 Å². The molecule has 4 aliphatic heterocycles. The highest BCUT2D eigenvalue weighted by atomic mass is 32.2. The number of hydrogen-bond acceptors (Lipinski definition) is 12. The third-order valence-electron chi connectivity index (χ3n) is 15.0. The van der Waals surface area contributed by atoms with Crippen molar-refractivity contribution in [3.63, 3.8) is 0 Å². The Morgan fingerprint density at radius 1 is 0.639 bits per heavy atom. The average molecular weight is 1020 g/mol. The fraction of sp³-hybridized carbons (Fsp3) is 0.464. The number of ether oxygens (including phenoxy) is 2. The highest BCUT2D eigenvalue weighted by Gasteiger charge is 2.38. The molecular weight excluding hydrogens is 945 g/mol. The molecule has 5 heterocycles. The van der Waals surface area contributed by atoms with Crippen LogP contribution in [0.3, 0.4) is 0 Å². The lowest BCUT2D eigenvalue weighted by Crippen LogP contribution is -2.46. The molecule has 14 nitrogen and oxygen atoms in total. The molecule has 2 amide bonds. The summed E-state index contributed by atoms with van der Waals surface area (Å²) in [6, 6.07) is 27.7. The van der Waals surface area contributed by atoms with Crippen molar-refractivity contribution in [1.29, 1.82) is 0 Å². The predicted octanol–water partition coefficient (Wildman–Crippen LogP) is 8.24. The zero-order valence-corrected chi connectivity index (χ0v) is 44.7. The molecule has 3 N–H and O–H groups in total. The number of benzene rings is 4. The van der Waals surface area contributed by atoms with E-state index in [4.69, 9.17) is 15.2 Å². The summed E-state index contributed by atoms with van der Waals surface area (Å²) in [7, 11) is -0.185. The van der Waals surface area contributed by atoms with Gasteiger partial charge in [0.05, 0.1) is 26.3 Å². The Balaban J connectivity index is 0.000000197. The summed E-state index contributed by atoms with van der Waals surface area (Å²) in [6.45, 7) is 20.8. The quantitative estimate of drug-likeness (QED) is 0.0773. The van der Waals surface area contributed by atoms with Gasteiger partial charge in [0.15, 0.2) is 0 Å². The first-order valence-electron chi connectivity index (χ1n) is 25.7. The molecule has 2 saturated heterocycles. The second-order valence-electron chi connectivity index (χ2n) is 19.2. The van der Waals surface area contributed by atoms with E-state index in [9.17, 15) is 18.0 Å². The highest BCUT2D eigenvalue weighted by Crippen LogP contribution is 2.41. The molecule has 4 aliphatic rings. The van der Waals surface area contributed by atoms with E-state index in [1.807, 2.05) is 59.2 Å². The summed E-state index contributed by atoms with van der Waals surface area (Å²) in [4.78, 5) is 41.2. The van der Waals surface area contributed by atoms with Gasteiger partial charge in [0, 0.05) is 106 Å². The Hall–Kier alpha value is -5.49. The smallest absolute Gasteiger partial charge is 0.255 e. The van der Waals surface area contributed by atoms with Gasteiger partial charge in [-0.25, -0.2) is 13.1 Å². The molecule has 0 unspecified atom stereocenters. The maximum atomic E-state index is 13.9. The summed E-state index contributed by atoms with van der Waals surface area (Å²) in [5, 5.41) is 1.76. The van der Waals surface area contributed by atoms with E-state index in [1.54, 1.807) is 31.7 Å². The Kier molecular flexibility index (Phi) is 17.6. The lowest BCUT2D eigenvalue weighted by atomic mass is 9.98. The maximum absolute atomic E-state index is 13.9. The summed E-state index contributed by atoms with van der Waals surface area (Å²) in [5.41, 5.74) is 16.4. The number of fused-ring (bicyclic) bond motifs is 2. The number of nitrogens with two attached hydrogens (primary N) is 1. The fourth-order valence-electron chi connectivity index (χ4n) is 10.9. The molecule has 0 aliphatic carbocycles. The highest BCUT2D eigenvalue weighted by molar-refractivity contribution is 7.91. The van der Waals surface area contributed by atoms with Crippen LogP contribution in [0.4, 0.5) is 11.4 Å². The lowest BCUT2D eigenvalue weighted by molar-refractivity contribution is 0.0682. The van der Waals surface area contributed by atoms with Crippen LogP contribution in [-0.4, -0.2) is 133 Å². The van der Waals surface area contributed by atoms with Crippen LogP contribution in [0.1, 0.15) is 106 Å². The first-order chi connectivity index (χ1) is 34.9. The zero-order valence-electron chi connectivity index (χ0n) is 43.1. The minimum atomic E-state index is -3.53. The monoisotopic (exact) mass is 1020 g/mol. The number of amides is 2. The van der Waals surface area contributed by atoms with Crippen molar-refractivity contribution in [1.82, 2.24) is 24.3 Å². The Bertz CT molecular complexity index is 2760. The van der Waals surface area contributed by atoms with Crippen LogP contribution in [0, 0.1) is 13.8 Å². The number of rotatable bonds is 19. The average Bonchev–Trinajstić information content (AvgIpc) is 4.16.